The van der Waals surface area contributed by atoms with E-state index < -0.39 is 0 Å². The van der Waals surface area contributed by atoms with Crippen LogP contribution in [-0.4, -0.2) is 68.6 Å². The number of likely N-dealkylation sites (N-methyl/N-ethyl adjacent to an activating group) is 1. The molecule has 0 aromatic heterocycles. The molecule has 3 N–H and O–H groups in total. The molecule has 29 heavy (non-hydrogen) atoms. The summed E-state index contributed by atoms with van der Waals surface area (Å²) in [5.41, 5.74) is 0.663. The van der Waals surface area contributed by atoms with E-state index in [0.29, 0.717) is 35.7 Å². The highest BCUT2D eigenvalue weighted by atomic mass is 35.5. The van der Waals surface area contributed by atoms with Gasteiger partial charge in [-0.25, -0.2) is 0 Å². The minimum atomic E-state index is -0.0120. The van der Waals surface area contributed by atoms with Crippen LogP contribution in [0.4, 0.5) is 5.69 Å². The van der Waals surface area contributed by atoms with Crippen LogP contribution in [0.2, 0.25) is 5.02 Å². The van der Waals surface area contributed by atoms with Gasteiger partial charge < -0.3 is 20.0 Å². The molecule has 2 amide bonds. The summed E-state index contributed by atoms with van der Waals surface area (Å²) in [4.78, 5) is 29.9. The maximum absolute atomic E-state index is 12.9. The number of piperazine rings is 1. The topological polar surface area (TPSA) is 58.3 Å². The van der Waals surface area contributed by atoms with Crippen LogP contribution in [0.5, 0.6) is 0 Å². The molecule has 0 bridgehead atoms. The first-order valence-electron chi connectivity index (χ1n) is 11.1. The fourth-order valence-corrected chi connectivity index (χ4v) is 4.82. The van der Waals surface area contributed by atoms with E-state index in [1.807, 2.05) is 18.2 Å². The number of rotatable bonds is 7. The molecule has 1 saturated carbocycles. The highest BCUT2D eigenvalue weighted by Gasteiger charge is 2.30. The number of halogens is 1. The number of nitrogens with one attached hydrogen (secondary N) is 3. The van der Waals surface area contributed by atoms with Crippen molar-refractivity contribution in [3.05, 3.63) is 29.3 Å². The molecular weight excluding hydrogens is 388 g/mol. The summed E-state index contributed by atoms with van der Waals surface area (Å²) >= 11 is 6.11. The van der Waals surface area contributed by atoms with Gasteiger partial charge in [-0.2, -0.15) is 0 Å². The largest absolute Gasteiger partial charge is 0.335 e. The zero-order chi connectivity index (χ0) is 20.6. The Morgan fingerprint density at radius 3 is 2.28 bits per heavy atom. The van der Waals surface area contributed by atoms with Crippen LogP contribution in [0.25, 0.3) is 0 Å². The second-order valence-electron chi connectivity index (χ2n) is 8.35. The van der Waals surface area contributed by atoms with E-state index >= 15 is 0 Å². The molecule has 6 nitrogen and oxygen atoms in total. The maximum Gasteiger partial charge on any atom is 0.279 e. The molecule has 3 rings (SSSR count). The van der Waals surface area contributed by atoms with E-state index in [0.717, 1.165) is 45.6 Å². The van der Waals surface area contributed by atoms with Crippen LogP contribution in [0.3, 0.4) is 0 Å². The molecule has 1 heterocycles. The van der Waals surface area contributed by atoms with E-state index in [4.69, 9.17) is 11.6 Å². The van der Waals surface area contributed by atoms with E-state index in [1.165, 1.54) is 29.1 Å². The normalized spacial score (nSPS) is 22.8. The average molecular weight is 423 g/mol. The summed E-state index contributed by atoms with van der Waals surface area (Å²) in [5.74, 6) is 0.288. The monoisotopic (exact) mass is 422 g/mol. The minimum absolute atomic E-state index is 0.0120. The Bertz CT molecular complexity index is 685. The van der Waals surface area contributed by atoms with Gasteiger partial charge in [-0.3, -0.25) is 9.59 Å². The van der Waals surface area contributed by atoms with Crippen LogP contribution in [0.15, 0.2) is 24.3 Å². The minimum Gasteiger partial charge on any atom is -0.335 e. The molecule has 1 aliphatic heterocycles. The van der Waals surface area contributed by atoms with Gasteiger partial charge in [0.1, 0.15) is 26.2 Å². The molecule has 0 unspecified atom stereocenters. The average Bonchev–Trinajstić information content (AvgIpc) is 2.72. The summed E-state index contributed by atoms with van der Waals surface area (Å²) in [6.07, 6.45) is 6.13. The molecule has 2 fully saturated rings. The lowest BCUT2D eigenvalue weighted by molar-refractivity contribution is -1.00. The van der Waals surface area contributed by atoms with Crippen molar-refractivity contribution in [2.75, 3.05) is 51.1 Å². The number of anilines is 1. The molecule has 7 heteroatoms. The fourth-order valence-electron chi connectivity index (χ4n) is 4.64. The number of benzene rings is 1. The van der Waals surface area contributed by atoms with Gasteiger partial charge in [0, 0.05) is 12.6 Å². The third kappa shape index (κ3) is 6.43. The van der Waals surface area contributed by atoms with Gasteiger partial charge in [0.15, 0.2) is 13.1 Å². The predicted molar refractivity (Wildman–Crippen MR) is 115 cm³/mol. The van der Waals surface area contributed by atoms with Crippen LogP contribution in [0.1, 0.15) is 39.0 Å². The summed E-state index contributed by atoms with van der Waals surface area (Å²) in [6, 6.07) is 7.74. The van der Waals surface area contributed by atoms with Gasteiger partial charge in [0.2, 0.25) is 0 Å². The van der Waals surface area contributed by atoms with Crippen LogP contribution in [0, 0.1) is 0 Å². The number of carbonyl (C=O) groups excluding carboxylic acids is 2. The zero-order valence-corrected chi connectivity index (χ0v) is 18.3. The quantitative estimate of drug-likeness (QED) is 0.589. The Morgan fingerprint density at radius 2 is 1.66 bits per heavy atom. The second kappa shape index (κ2) is 11.0. The smallest absolute Gasteiger partial charge is 0.279 e. The standard InChI is InChI=1S/C22H33ClN4O2/c1-2-27(18-8-4-3-5-9-18)22(29)17-26-14-12-25(13-15-26)16-21(28)24-20-11-7-6-10-19(20)23/h6-7,10-11,18H,2-5,8-9,12-17H2,1H3,(H,24,28)/p+2. The van der Waals surface area contributed by atoms with Crippen molar-refractivity contribution in [3.63, 3.8) is 0 Å². The molecule has 0 spiro atoms. The van der Waals surface area contributed by atoms with E-state index in [2.05, 4.69) is 17.1 Å². The number of amides is 2. The lowest BCUT2D eigenvalue weighted by Gasteiger charge is -2.35. The van der Waals surface area contributed by atoms with Crippen molar-refractivity contribution in [2.45, 2.75) is 45.1 Å². The van der Waals surface area contributed by atoms with E-state index in [-0.39, 0.29) is 5.91 Å². The molecule has 2 aliphatic rings. The van der Waals surface area contributed by atoms with Crippen molar-refractivity contribution in [1.82, 2.24) is 4.90 Å². The van der Waals surface area contributed by atoms with Gasteiger partial charge in [-0.15, -0.1) is 0 Å². The summed E-state index contributed by atoms with van der Waals surface area (Å²) < 4.78 is 0. The molecule has 1 aromatic rings. The van der Waals surface area contributed by atoms with Crippen LogP contribution < -0.4 is 15.1 Å². The molecule has 0 radical (unpaired) electrons. The Balaban J connectivity index is 1.41. The highest BCUT2D eigenvalue weighted by molar-refractivity contribution is 6.33. The highest BCUT2D eigenvalue weighted by Crippen LogP contribution is 2.22. The van der Waals surface area contributed by atoms with Gasteiger partial charge >= 0.3 is 0 Å². The SMILES string of the molecule is CCN(C(=O)C[NH+]1CC[NH+](CC(=O)Nc2ccccc2Cl)CC1)C1CCCCC1. The first-order chi connectivity index (χ1) is 14.1. The number of hydrogen-bond donors (Lipinski definition) is 3. The maximum atomic E-state index is 12.9. The number of para-hydroxylation sites is 1. The molecule has 1 aliphatic carbocycles. The third-order valence-electron chi connectivity index (χ3n) is 6.30. The van der Waals surface area contributed by atoms with Gasteiger partial charge in [-0.05, 0) is 31.9 Å². The predicted octanol–water partition coefficient (Wildman–Crippen LogP) is 0.243. The van der Waals surface area contributed by atoms with Crippen molar-refractivity contribution in [3.8, 4) is 0 Å². The molecule has 0 atom stereocenters. The molecule has 160 valence electrons. The first kappa shape index (κ1) is 22.1. The lowest BCUT2D eigenvalue weighted by Crippen LogP contribution is -3.28. The number of carbonyl (C=O) groups is 2. The lowest BCUT2D eigenvalue weighted by atomic mass is 9.94. The van der Waals surface area contributed by atoms with Crippen molar-refractivity contribution in [2.24, 2.45) is 0 Å². The van der Waals surface area contributed by atoms with Crippen molar-refractivity contribution in [1.29, 1.82) is 0 Å². The van der Waals surface area contributed by atoms with Gasteiger partial charge in [-0.1, -0.05) is 43.0 Å². The molecule has 1 aromatic carbocycles. The van der Waals surface area contributed by atoms with Gasteiger partial charge in [0.05, 0.1) is 10.7 Å². The fraction of sp³-hybridized carbons (Fsp3) is 0.636. The van der Waals surface area contributed by atoms with Gasteiger partial charge in [0.25, 0.3) is 11.8 Å². The number of quaternary nitrogens is 2. The first-order valence-corrected chi connectivity index (χ1v) is 11.5. The van der Waals surface area contributed by atoms with E-state index in [9.17, 15) is 9.59 Å². The van der Waals surface area contributed by atoms with Crippen LogP contribution >= 0.6 is 11.6 Å². The van der Waals surface area contributed by atoms with Crippen molar-refractivity contribution < 1.29 is 19.4 Å². The zero-order valence-electron chi connectivity index (χ0n) is 17.5. The molecule has 1 saturated heterocycles. The Labute approximate surface area is 179 Å². The Kier molecular flexibility index (Phi) is 8.33. The number of nitrogens with zero attached hydrogens (tertiary/aromatic N) is 1. The van der Waals surface area contributed by atoms with Crippen LogP contribution in [-0.2, 0) is 9.59 Å². The van der Waals surface area contributed by atoms with Crippen molar-refractivity contribution >= 4 is 29.1 Å². The van der Waals surface area contributed by atoms with E-state index in [1.54, 1.807) is 6.07 Å². The summed E-state index contributed by atoms with van der Waals surface area (Å²) in [5, 5.41) is 3.46. The summed E-state index contributed by atoms with van der Waals surface area (Å²) in [7, 11) is 0. The Hall–Kier alpha value is -1.63. The third-order valence-corrected chi connectivity index (χ3v) is 6.63. The second-order valence-corrected chi connectivity index (χ2v) is 8.76. The summed E-state index contributed by atoms with van der Waals surface area (Å²) in [6.45, 7) is 7.63. The molecular formula is C22H35ClN4O2+2. The Morgan fingerprint density at radius 1 is 1.03 bits per heavy atom. The number of hydrogen-bond acceptors (Lipinski definition) is 2.